The highest BCUT2D eigenvalue weighted by Crippen LogP contribution is 2.77. The second-order valence-corrected chi connectivity index (χ2v) is 16.3. The summed E-state index contributed by atoms with van der Waals surface area (Å²) in [5, 5.41) is 9.40. The first-order valence-electron chi connectivity index (χ1n) is 15.9. The molecule has 5 aliphatic carbocycles. The monoisotopic (exact) mass is 528 g/mol. The number of allylic oxidation sites excluding steroid dienone is 3. The minimum Gasteiger partial charge on any atom is -0.478 e. The largest absolute Gasteiger partial charge is 0.478 e. The van der Waals surface area contributed by atoms with E-state index >= 15 is 0 Å². The van der Waals surface area contributed by atoms with Gasteiger partial charge in [0.2, 0.25) is 0 Å². The van der Waals surface area contributed by atoms with Crippen LogP contribution >= 0.6 is 0 Å². The van der Waals surface area contributed by atoms with Crippen molar-refractivity contribution < 1.29 is 9.90 Å². The molecule has 39 heavy (non-hydrogen) atoms. The van der Waals surface area contributed by atoms with Crippen molar-refractivity contribution in [2.75, 3.05) is 0 Å². The summed E-state index contributed by atoms with van der Waals surface area (Å²) in [7, 11) is 0. The van der Waals surface area contributed by atoms with E-state index in [4.69, 9.17) is 0 Å². The molecule has 212 valence electrons. The highest BCUT2D eigenvalue weighted by molar-refractivity contribution is 5.88. The Morgan fingerprint density at radius 3 is 2.18 bits per heavy atom. The van der Waals surface area contributed by atoms with E-state index in [-0.39, 0.29) is 5.41 Å². The van der Waals surface area contributed by atoms with Crippen LogP contribution in [0.25, 0.3) is 5.57 Å². The van der Waals surface area contributed by atoms with Gasteiger partial charge >= 0.3 is 5.97 Å². The van der Waals surface area contributed by atoms with Crippen molar-refractivity contribution in [2.24, 2.45) is 56.7 Å². The topological polar surface area (TPSA) is 37.3 Å². The van der Waals surface area contributed by atoms with E-state index in [2.05, 4.69) is 61.1 Å². The van der Waals surface area contributed by atoms with E-state index in [1.54, 1.807) is 12.1 Å². The fourth-order valence-electron chi connectivity index (χ4n) is 12.4. The third-order valence-corrected chi connectivity index (χ3v) is 14.5. The predicted molar refractivity (Wildman–Crippen MR) is 161 cm³/mol. The Balaban J connectivity index is 1.36. The average molecular weight is 529 g/mol. The van der Waals surface area contributed by atoms with E-state index in [9.17, 15) is 9.90 Å². The second kappa shape index (κ2) is 8.59. The number of benzene rings is 1. The van der Waals surface area contributed by atoms with Gasteiger partial charge in [-0.25, -0.2) is 4.79 Å². The number of hydrogen-bond donors (Lipinski definition) is 1. The summed E-state index contributed by atoms with van der Waals surface area (Å²) < 4.78 is 0. The van der Waals surface area contributed by atoms with Crippen LogP contribution in [-0.2, 0) is 0 Å². The molecule has 0 aliphatic heterocycles. The maximum Gasteiger partial charge on any atom is 0.335 e. The van der Waals surface area contributed by atoms with Gasteiger partial charge in [0.15, 0.2) is 0 Å². The van der Waals surface area contributed by atoms with E-state index < -0.39 is 5.97 Å². The molecule has 0 aromatic heterocycles. The van der Waals surface area contributed by atoms with Gasteiger partial charge in [0.05, 0.1) is 5.56 Å². The Hall–Kier alpha value is -1.83. The number of aromatic carboxylic acids is 1. The van der Waals surface area contributed by atoms with Crippen LogP contribution in [-0.4, -0.2) is 11.1 Å². The van der Waals surface area contributed by atoms with Gasteiger partial charge in [-0.3, -0.25) is 0 Å². The minimum absolute atomic E-state index is 0.0679. The van der Waals surface area contributed by atoms with Crippen molar-refractivity contribution in [3.05, 3.63) is 53.6 Å². The Bertz CT molecular complexity index is 1220. The minimum atomic E-state index is -0.850. The molecule has 4 saturated carbocycles. The lowest BCUT2D eigenvalue weighted by atomic mass is 9.32. The first-order valence-corrected chi connectivity index (χ1v) is 15.9. The zero-order valence-electron chi connectivity index (χ0n) is 25.7. The second-order valence-electron chi connectivity index (χ2n) is 16.3. The van der Waals surface area contributed by atoms with Gasteiger partial charge in [0.25, 0.3) is 0 Å². The van der Waals surface area contributed by atoms with E-state index in [1.165, 1.54) is 68.1 Å². The van der Waals surface area contributed by atoms with Crippen LogP contribution in [0.3, 0.4) is 0 Å². The van der Waals surface area contributed by atoms with Gasteiger partial charge in [-0.1, -0.05) is 71.9 Å². The molecule has 4 fully saturated rings. The molecule has 1 aromatic rings. The average Bonchev–Trinajstić information content (AvgIpc) is 3.22. The number of fused-ring (bicyclic) bond motifs is 7. The first kappa shape index (κ1) is 27.3. The molecule has 5 aliphatic rings. The maximum atomic E-state index is 11.4. The third-order valence-electron chi connectivity index (χ3n) is 14.5. The highest BCUT2D eigenvalue weighted by atomic mass is 16.4. The lowest BCUT2D eigenvalue weighted by Gasteiger charge is -2.72. The van der Waals surface area contributed by atoms with E-state index in [0.29, 0.717) is 33.1 Å². The summed E-state index contributed by atoms with van der Waals surface area (Å²) >= 11 is 0. The third kappa shape index (κ3) is 3.54. The van der Waals surface area contributed by atoms with Crippen LogP contribution in [0.4, 0.5) is 0 Å². The molecule has 4 unspecified atom stereocenters. The van der Waals surface area contributed by atoms with Crippen LogP contribution in [0.5, 0.6) is 0 Å². The fraction of sp³-hybridized carbons (Fsp3) is 0.703. The first-order chi connectivity index (χ1) is 18.2. The molecule has 1 N–H and O–H groups in total. The van der Waals surface area contributed by atoms with Crippen molar-refractivity contribution in [1.29, 1.82) is 0 Å². The van der Waals surface area contributed by atoms with Crippen molar-refractivity contribution in [2.45, 2.75) is 106 Å². The highest BCUT2D eigenvalue weighted by Gasteiger charge is 2.69. The van der Waals surface area contributed by atoms with Crippen LogP contribution in [0.15, 0.2) is 42.5 Å². The van der Waals surface area contributed by atoms with Crippen molar-refractivity contribution >= 4 is 11.5 Å². The summed E-state index contributed by atoms with van der Waals surface area (Å²) in [6, 6.07) is 7.64. The Morgan fingerprint density at radius 2 is 1.54 bits per heavy atom. The zero-order chi connectivity index (χ0) is 28.2. The number of carboxylic acid groups (broad SMARTS) is 1. The van der Waals surface area contributed by atoms with Crippen LogP contribution < -0.4 is 0 Å². The van der Waals surface area contributed by atoms with Gasteiger partial charge in [-0.2, -0.15) is 0 Å². The molecule has 9 atom stereocenters. The van der Waals surface area contributed by atoms with E-state index in [0.717, 1.165) is 30.1 Å². The number of hydrogen-bond acceptors (Lipinski definition) is 1. The normalized spacial score (nSPS) is 46.2. The lowest BCUT2D eigenvalue weighted by molar-refractivity contribution is -0.223. The van der Waals surface area contributed by atoms with Gasteiger partial charge in [0.1, 0.15) is 0 Å². The van der Waals surface area contributed by atoms with Crippen LogP contribution in [0, 0.1) is 56.7 Å². The molecular formula is C37H52O2. The molecule has 0 bridgehead atoms. The number of carboxylic acids is 1. The smallest absolute Gasteiger partial charge is 0.335 e. The Labute approximate surface area is 237 Å². The molecule has 6 rings (SSSR count). The number of rotatable bonds is 3. The summed E-state index contributed by atoms with van der Waals surface area (Å²) in [5.74, 6) is 2.92. The zero-order valence-corrected chi connectivity index (χ0v) is 25.7. The molecule has 2 nitrogen and oxygen atoms in total. The van der Waals surface area contributed by atoms with Crippen LogP contribution in [0.2, 0.25) is 0 Å². The summed E-state index contributed by atoms with van der Waals surface area (Å²) in [6.07, 6.45) is 14.7. The van der Waals surface area contributed by atoms with Crippen molar-refractivity contribution in [3.63, 3.8) is 0 Å². The lowest BCUT2D eigenvalue weighted by Crippen LogP contribution is -2.65. The molecule has 0 amide bonds. The molecule has 2 heteroatoms. The maximum absolute atomic E-state index is 11.4. The molecule has 0 radical (unpaired) electrons. The molecule has 0 spiro atoms. The van der Waals surface area contributed by atoms with Crippen LogP contribution in [0.1, 0.15) is 122 Å². The molecule has 1 aromatic carbocycles. The number of carbonyl (C=O) groups is 1. The van der Waals surface area contributed by atoms with E-state index in [1.807, 2.05) is 12.1 Å². The van der Waals surface area contributed by atoms with Gasteiger partial charge in [-0.05, 0) is 145 Å². The summed E-state index contributed by atoms with van der Waals surface area (Å²) in [5.41, 5.74) is 6.12. The Morgan fingerprint density at radius 1 is 0.846 bits per heavy atom. The van der Waals surface area contributed by atoms with Crippen molar-refractivity contribution in [1.82, 2.24) is 0 Å². The standard InChI is InChI=1S/C37H52O2/c1-23(2)26-15-18-34(5)21-22-36(7)28(31(26)34)13-14-30-35(6)19-16-27(24-9-11-25(12-10-24)32(38)39)33(3,4)29(35)17-20-37(30,36)8/h9-12,16,26,28-31H,1,13-15,17-22H2,2-8H3,(H,38,39)/t26?,28-,29?,30?,31?,34-,35+,36-,37-/m1/s1. The quantitative estimate of drug-likeness (QED) is 0.396. The molecule has 0 heterocycles. The van der Waals surface area contributed by atoms with Gasteiger partial charge in [0, 0.05) is 0 Å². The van der Waals surface area contributed by atoms with Gasteiger partial charge < -0.3 is 5.11 Å². The summed E-state index contributed by atoms with van der Waals surface area (Å²) in [6.45, 7) is 22.5. The predicted octanol–water partition coefficient (Wildman–Crippen LogP) is 10.1. The molecular weight excluding hydrogens is 476 g/mol. The SMILES string of the molecule is C=C(C)C1CC[C@]2(C)CC[C@]3(C)[C@H](CCC4[C@@]5(C)CC=C(c6ccc(C(=O)O)cc6)C(C)(C)C5CC[C@]43C)C12. The Kier molecular flexibility index (Phi) is 6.02. The van der Waals surface area contributed by atoms with Crippen molar-refractivity contribution in [3.8, 4) is 0 Å². The molecule has 0 saturated heterocycles. The summed E-state index contributed by atoms with van der Waals surface area (Å²) in [4.78, 5) is 11.4. The van der Waals surface area contributed by atoms with Gasteiger partial charge in [-0.15, -0.1) is 0 Å². The fourth-order valence-corrected chi connectivity index (χ4v) is 12.4.